The molecule has 0 aliphatic heterocycles. The number of hydrogen-bond acceptors (Lipinski definition) is 3. The summed E-state index contributed by atoms with van der Waals surface area (Å²) >= 11 is 6.96. The number of nitrogens with one attached hydrogen (secondary N) is 1. The van der Waals surface area contributed by atoms with Crippen molar-refractivity contribution in [1.29, 1.82) is 0 Å². The molecular formula is C13H19Br2NO2. The maximum atomic E-state index is 9.44. The lowest BCUT2D eigenvalue weighted by molar-refractivity contribution is 0.159. The summed E-state index contributed by atoms with van der Waals surface area (Å²) in [5, 5.41) is 12.8. The molecule has 0 aliphatic rings. The van der Waals surface area contributed by atoms with E-state index in [-0.39, 0.29) is 6.10 Å². The van der Waals surface area contributed by atoms with Crippen LogP contribution in [0.5, 0.6) is 5.75 Å². The Balaban J connectivity index is 2.48. The number of aliphatic hydroxyl groups is 1. The first-order chi connectivity index (χ1) is 8.58. The van der Waals surface area contributed by atoms with Gasteiger partial charge in [-0.3, -0.25) is 0 Å². The van der Waals surface area contributed by atoms with Gasteiger partial charge in [-0.15, -0.1) is 0 Å². The van der Waals surface area contributed by atoms with Crippen LogP contribution in [0.15, 0.2) is 21.1 Å². The molecule has 0 fully saturated rings. The molecule has 0 saturated heterocycles. The van der Waals surface area contributed by atoms with Crippen molar-refractivity contribution in [3.05, 3.63) is 26.6 Å². The molecule has 5 heteroatoms. The minimum absolute atomic E-state index is 0.202. The zero-order valence-corrected chi connectivity index (χ0v) is 13.8. The molecule has 2 N–H and O–H groups in total. The first-order valence-electron chi connectivity index (χ1n) is 5.99. The van der Waals surface area contributed by atoms with Crippen LogP contribution in [0.3, 0.4) is 0 Å². The van der Waals surface area contributed by atoms with Crippen LogP contribution in [0, 0.1) is 0 Å². The van der Waals surface area contributed by atoms with E-state index in [4.69, 9.17) is 4.74 Å². The summed E-state index contributed by atoms with van der Waals surface area (Å²) in [6.07, 6.45) is 1.39. The number of methoxy groups -OCH3 is 1. The molecule has 0 aliphatic carbocycles. The van der Waals surface area contributed by atoms with Crippen LogP contribution in [0.1, 0.15) is 25.3 Å². The number of aliphatic hydroxyl groups excluding tert-OH is 1. The van der Waals surface area contributed by atoms with Crippen LogP contribution in [0.25, 0.3) is 0 Å². The molecule has 0 heterocycles. The Hall–Kier alpha value is -0.100. The van der Waals surface area contributed by atoms with Gasteiger partial charge in [-0.2, -0.15) is 0 Å². The zero-order chi connectivity index (χ0) is 13.5. The molecule has 102 valence electrons. The highest BCUT2D eigenvalue weighted by molar-refractivity contribution is 9.11. The summed E-state index contributed by atoms with van der Waals surface area (Å²) in [7, 11) is 1.65. The molecule has 0 bridgehead atoms. The third-order valence-corrected chi connectivity index (χ3v) is 3.89. The van der Waals surface area contributed by atoms with Crippen molar-refractivity contribution in [2.45, 2.75) is 32.4 Å². The standard InChI is InChI=1S/C13H19Br2NO2/c1-3-10(17)4-5-16-8-9-6-11(14)13(18-2)12(15)7-9/h6-7,10,16-17H,3-5,8H2,1-2H3. The summed E-state index contributed by atoms with van der Waals surface area (Å²) in [4.78, 5) is 0. The molecule has 1 aromatic rings. The van der Waals surface area contributed by atoms with E-state index in [1.165, 1.54) is 5.56 Å². The van der Waals surface area contributed by atoms with Crippen molar-refractivity contribution in [3.63, 3.8) is 0 Å². The predicted octanol–water partition coefficient (Wildman–Crippen LogP) is 3.47. The van der Waals surface area contributed by atoms with E-state index in [1.54, 1.807) is 7.11 Å². The van der Waals surface area contributed by atoms with Crippen LogP contribution >= 0.6 is 31.9 Å². The fourth-order valence-corrected chi connectivity index (χ4v) is 3.22. The summed E-state index contributed by atoms with van der Waals surface area (Å²) in [5.41, 5.74) is 1.17. The van der Waals surface area contributed by atoms with E-state index >= 15 is 0 Å². The highest BCUT2D eigenvalue weighted by atomic mass is 79.9. The Bertz CT molecular complexity index is 362. The predicted molar refractivity (Wildman–Crippen MR) is 81.0 cm³/mol. The molecule has 0 aromatic heterocycles. The fraction of sp³-hybridized carbons (Fsp3) is 0.538. The highest BCUT2D eigenvalue weighted by Gasteiger charge is 2.07. The molecule has 0 amide bonds. The number of rotatable bonds is 7. The number of benzene rings is 1. The lowest BCUT2D eigenvalue weighted by Gasteiger charge is -2.11. The van der Waals surface area contributed by atoms with Gasteiger partial charge in [0.25, 0.3) is 0 Å². The van der Waals surface area contributed by atoms with Crippen molar-refractivity contribution in [1.82, 2.24) is 5.32 Å². The van der Waals surface area contributed by atoms with Crippen LogP contribution in [-0.2, 0) is 6.54 Å². The van der Waals surface area contributed by atoms with Gasteiger partial charge >= 0.3 is 0 Å². The van der Waals surface area contributed by atoms with Crippen LogP contribution < -0.4 is 10.1 Å². The maximum absolute atomic E-state index is 9.44. The average molecular weight is 381 g/mol. The topological polar surface area (TPSA) is 41.5 Å². The lowest BCUT2D eigenvalue weighted by atomic mass is 10.2. The number of hydrogen-bond donors (Lipinski definition) is 2. The Kier molecular flexibility index (Phi) is 7.22. The molecule has 0 saturated carbocycles. The first-order valence-corrected chi connectivity index (χ1v) is 7.57. The van der Waals surface area contributed by atoms with Gasteiger partial charge in [-0.05, 0) is 68.9 Å². The Morgan fingerprint density at radius 1 is 1.33 bits per heavy atom. The lowest BCUT2D eigenvalue weighted by Crippen LogP contribution is -2.19. The minimum atomic E-state index is -0.202. The van der Waals surface area contributed by atoms with Gasteiger partial charge in [-0.1, -0.05) is 6.92 Å². The molecule has 0 spiro atoms. The van der Waals surface area contributed by atoms with Gasteiger partial charge < -0.3 is 15.2 Å². The van der Waals surface area contributed by atoms with Gasteiger partial charge in [0.15, 0.2) is 0 Å². The summed E-state index contributed by atoms with van der Waals surface area (Å²) in [6.45, 7) is 3.58. The molecule has 1 atom stereocenters. The first kappa shape index (κ1) is 16.0. The van der Waals surface area contributed by atoms with Crippen molar-refractivity contribution >= 4 is 31.9 Å². The summed E-state index contributed by atoms with van der Waals surface area (Å²) < 4.78 is 7.13. The van der Waals surface area contributed by atoms with E-state index in [1.807, 2.05) is 19.1 Å². The largest absolute Gasteiger partial charge is 0.494 e. The molecular weight excluding hydrogens is 362 g/mol. The van der Waals surface area contributed by atoms with Gasteiger partial charge in [-0.25, -0.2) is 0 Å². The Morgan fingerprint density at radius 2 is 1.94 bits per heavy atom. The van der Waals surface area contributed by atoms with Gasteiger partial charge in [0, 0.05) is 6.54 Å². The molecule has 18 heavy (non-hydrogen) atoms. The molecule has 1 rings (SSSR count). The molecule has 3 nitrogen and oxygen atoms in total. The van der Waals surface area contributed by atoms with E-state index in [2.05, 4.69) is 37.2 Å². The van der Waals surface area contributed by atoms with Crippen molar-refractivity contribution < 1.29 is 9.84 Å². The zero-order valence-electron chi connectivity index (χ0n) is 10.7. The smallest absolute Gasteiger partial charge is 0.147 e. The minimum Gasteiger partial charge on any atom is -0.494 e. The average Bonchev–Trinajstić information content (AvgIpc) is 2.34. The number of ether oxygens (including phenoxy) is 1. The number of halogens is 2. The van der Waals surface area contributed by atoms with Crippen molar-refractivity contribution in [2.75, 3.05) is 13.7 Å². The van der Waals surface area contributed by atoms with E-state index in [9.17, 15) is 5.11 Å². The highest BCUT2D eigenvalue weighted by Crippen LogP contribution is 2.34. The van der Waals surface area contributed by atoms with E-state index in [0.717, 1.165) is 40.6 Å². The quantitative estimate of drug-likeness (QED) is 0.711. The van der Waals surface area contributed by atoms with Crippen LogP contribution in [0.2, 0.25) is 0 Å². The van der Waals surface area contributed by atoms with Crippen molar-refractivity contribution in [2.24, 2.45) is 0 Å². The third kappa shape index (κ3) is 4.88. The molecule has 1 unspecified atom stereocenters. The fourth-order valence-electron chi connectivity index (χ4n) is 1.61. The van der Waals surface area contributed by atoms with Crippen LogP contribution in [-0.4, -0.2) is 24.9 Å². The second-order valence-electron chi connectivity index (χ2n) is 4.12. The second kappa shape index (κ2) is 8.15. The summed E-state index contributed by atoms with van der Waals surface area (Å²) in [5.74, 6) is 0.806. The Labute approximate surface area is 125 Å². The van der Waals surface area contributed by atoms with Crippen LogP contribution in [0.4, 0.5) is 0 Å². The molecule has 0 radical (unpaired) electrons. The van der Waals surface area contributed by atoms with Gasteiger partial charge in [0.1, 0.15) is 5.75 Å². The SMILES string of the molecule is CCC(O)CCNCc1cc(Br)c(OC)c(Br)c1. The van der Waals surface area contributed by atoms with E-state index < -0.39 is 0 Å². The molecule has 1 aromatic carbocycles. The van der Waals surface area contributed by atoms with E-state index in [0.29, 0.717) is 0 Å². The maximum Gasteiger partial charge on any atom is 0.147 e. The normalized spacial score (nSPS) is 12.5. The van der Waals surface area contributed by atoms with Gasteiger partial charge in [0.05, 0.1) is 22.2 Å². The summed E-state index contributed by atoms with van der Waals surface area (Å²) in [6, 6.07) is 4.07. The monoisotopic (exact) mass is 379 g/mol. The van der Waals surface area contributed by atoms with Gasteiger partial charge in [0.2, 0.25) is 0 Å². The second-order valence-corrected chi connectivity index (χ2v) is 5.83. The Morgan fingerprint density at radius 3 is 2.44 bits per heavy atom. The van der Waals surface area contributed by atoms with Crippen molar-refractivity contribution in [3.8, 4) is 5.75 Å². The third-order valence-electron chi connectivity index (χ3n) is 2.72.